The van der Waals surface area contributed by atoms with Gasteiger partial charge in [0.25, 0.3) is 5.91 Å². The van der Waals surface area contributed by atoms with Gasteiger partial charge in [-0.15, -0.1) is 0 Å². The first-order valence-electron chi connectivity index (χ1n) is 12.3. The minimum absolute atomic E-state index is 0.0458. The van der Waals surface area contributed by atoms with Crippen molar-refractivity contribution in [1.29, 1.82) is 0 Å². The molecule has 0 spiro atoms. The summed E-state index contributed by atoms with van der Waals surface area (Å²) in [6.45, 7) is 4.59. The molecule has 0 N–H and O–H groups in total. The monoisotopic (exact) mass is 499 g/mol. The molecule has 1 unspecified atom stereocenters. The van der Waals surface area contributed by atoms with Gasteiger partial charge in [-0.3, -0.25) is 14.5 Å². The highest BCUT2D eigenvalue weighted by Gasteiger charge is 2.44. The summed E-state index contributed by atoms with van der Waals surface area (Å²) in [5, 5.41) is 0.444. The number of carbonyl (C=O) groups excluding carboxylic acids is 1. The van der Waals surface area contributed by atoms with E-state index in [1.54, 1.807) is 55.5 Å². The van der Waals surface area contributed by atoms with E-state index in [1.165, 1.54) is 0 Å². The summed E-state index contributed by atoms with van der Waals surface area (Å²) in [7, 11) is 3.16. The third kappa shape index (κ3) is 4.31. The summed E-state index contributed by atoms with van der Waals surface area (Å²) in [5.74, 6) is 1.47. The van der Waals surface area contributed by atoms with E-state index < -0.39 is 6.04 Å². The predicted octanol–water partition coefficient (Wildman–Crippen LogP) is 6.05. The molecule has 7 heteroatoms. The van der Waals surface area contributed by atoms with Crippen LogP contribution in [0.15, 0.2) is 69.9 Å². The molecule has 1 amide bonds. The Morgan fingerprint density at radius 2 is 1.70 bits per heavy atom. The third-order valence-corrected chi connectivity index (χ3v) is 6.64. The number of hydrogen-bond acceptors (Lipinski definition) is 6. The molecule has 0 radical (unpaired) electrons. The number of anilines is 1. The SMILES string of the molecule is CCCCOc1ccc(C2c3c(oc4ccc(C)cc4c3=O)C(=O)N2c2ccc(OC)cc2)cc1OC. The van der Waals surface area contributed by atoms with Gasteiger partial charge >= 0.3 is 0 Å². The molecule has 7 nitrogen and oxygen atoms in total. The zero-order valence-corrected chi connectivity index (χ0v) is 21.4. The summed E-state index contributed by atoms with van der Waals surface area (Å²) >= 11 is 0. The number of unbranched alkanes of at least 4 members (excludes halogenated alkanes) is 1. The number of hydrogen-bond donors (Lipinski definition) is 0. The summed E-state index contributed by atoms with van der Waals surface area (Å²) in [5.41, 5.74) is 2.72. The second kappa shape index (κ2) is 10.0. The van der Waals surface area contributed by atoms with E-state index >= 15 is 0 Å². The maximum Gasteiger partial charge on any atom is 0.295 e. The van der Waals surface area contributed by atoms with Crippen LogP contribution in [0.5, 0.6) is 17.2 Å². The molecule has 3 aromatic carbocycles. The first-order chi connectivity index (χ1) is 18.0. The van der Waals surface area contributed by atoms with E-state index in [4.69, 9.17) is 18.6 Å². The minimum Gasteiger partial charge on any atom is -0.497 e. The molecule has 2 heterocycles. The molecule has 5 rings (SSSR count). The number of amides is 1. The number of fused-ring (bicyclic) bond motifs is 2. The molecule has 37 heavy (non-hydrogen) atoms. The predicted molar refractivity (Wildman–Crippen MR) is 142 cm³/mol. The highest BCUT2D eigenvalue weighted by Crippen LogP contribution is 2.43. The van der Waals surface area contributed by atoms with E-state index in [0.29, 0.717) is 51.6 Å². The third-order valence-electron chi connectivity index (χ3n) is 6.64. The summed E-state index contributed by atoms with van der Waals surface area (Å²) in [6, 6.07) is 17.3. The average molecular weight is 500 g/mol. The average Bonchev–Trinajstić information content (AvgIpc) is 3.21. The van der Waals surface area contributed by atoms with Gasteiger partial charge in [0, 0.05) is 5.69 Å². The van der Waals surface area contributed by atoms with Crippen LogP contribution in [0.25, 0.3) is 11.0 Å². The number of rotatable bonds is 8. The van der Waals surface area contributed by atoms with Gasteiger partial charge in [-0.1, -0.05) is 31.0 Å². The van der Waals surface area contributed by atoms with Gasteiger partial charge < -0.3 is 18.6 Å². The first kappa shape index (κ1) is 24.4. The van der Waals surface area contributed by atoms with Crippen molar-refractivity contribution in [2.45, 2.75) is 32.7 Å². The molecule has 0 bridgehead atoms. The van der Waals surface area contributed by atoms with E-state index in [2.05, 4.69) is 6.92 Å². The van der Waals surface area contributed by atoms with Crippen molar-refractivity contribution in [2.24, 2.45) is 0 Å². The molecule has 1 atom stereocenters. The molecule has 0 saturated heterocycles. The molecule has 0 saturated carbocycles. The van der Waals surface area contributed by atoms with Crippen LogP contribution in [0.3, 0.4) is 0 Å². The Balaban J connectivity index is 1.70. The molecule has 190 valence electrons. The quantitative estimate of drug-likeness (QED) is 0.275. The zero-order valence-electron chi connectivity index (χ0n) is 21.4. The number of methoxy groups -OCH3 is 2. The van der Waals surface area contributed by atoms with E-state index in [-0.39, 0.29) is 17.1 Å². The van der Waals surface area contributed by atoms with Crippen LogP contribution in [-0.4, -0.2) is 26.7 Å². The van der Waals surface area contributed by atoms with Gasteiger partial charge in [0.05, 0.1) is 37.8 Å². The van der Waals surface area contributed by atoms with Crippen molar-refractivity contribution in [3.05, 3.63) is 93.3 Å². The Labute approximate surface area is 215 Å². The Kier molecular flexibility index (Phi) is 6.61. The lowest BCUT2D eigenvalue weighted by molar-refractivity contribution is 0.0971. The Morgan fingerprint density at radius 1 is 0.919 bits per heavy atom. The number of nitrogens with zero attached hydrogens (tertiary/aromatic N) is 1. The van der Waals surface area contributed by atoms with Crippen molar-refractivity contribution < 1.29 is 23.4 Å². The van der Waals surface area contributed by atoms with Crippen LogP contribution >= 0.6 is 0 Å². The second-order valence-corrected chi connectivity index (χ2v) is 9.06. The molecule has 0 aliphatic carbocycles. The molecular formula is C30H29NO6. The summed E-state index contributed by atoms with van der Waals surface area (Å²) < 4.78 is 22.9. The van der Waals surface area contributed by atoms with Crippen LogP contribution in [0, 0.1) is 6.92 Å². The van der Waals surface area contributed by atoms with Crippen molar-refractivity contribution in [1.82, 2.24) is 0 Å². The largest absolute Gasteiger partial charge is 0.497 e. The van der Waals surface area contributed by atoms with Crippen molar-refractivity contribution in [3.8, 4) is 17.2 Å². The molecule has 1 aliphatic rings. The smallest absolute Gasteiger partial charge is 0.295 e. The number of aryl methyl sites for hydroxylation is 1. The van der Waals surface area contributed by atoms with Gasteiger partial charge in [-0.25, -0.2) is 0 Å². The van der Waals surface area contributed by atoms with Gasteiger partial charge in [-0.2, -0.15) is 0 Å². The van der Waals surface area contributed by atoms with Gasteiger partial charge in [-0.05, 0) is 67.4 Å². The highest BCUT2D eigenvalue weighted by atomic mass is 16.5. The van der Waals surface area contributed by atoms with Gasteiger partial charge in [0.1, 0.15) is 11.3 Å². The molecule has 1 aromatic heterocycles. The van der Waals surface area contributed by atoms with Crippen LogP contribution in [0.2, 0.25) is 0 Å². The Bertz CT molecular complexity index is 1520. The van der Waals surface area contributed by atoms with E-state index in [0.717, 1.165) is 18.4 Å². The van der Waals surface area contributed by atoms with E-state index in [9.17, 15) is 9.59 Å². The lowest BCUT2D eigenvalue weighted by Gasteiger charge is -2.26. The molecule has 0 fully saturated rings. The lowest BCUT2D eigenvalue weighted by atomic mass is 9.97. The Hall–Kier alpha value is -4.26. The first-order valence-corrected chi connectivity index (χ1v) is 12.3. The van der Waals surface area contributed by atoms with E-state index in [1.807, 2.05) is 31.2 Å². The van der Waals surface area contributed by atoms with Crippen LogP contribution in [0.4, 0.5) is 5.69 Å². The van der Waals surface area contributed by atoms with Gasteiger partial charge in [0.2, 0.25) is 5.76 Å². The standard InChI is InChI=1S/C30H29NO6/c1-5-6-15-36-24-14-8-19(17-25(24)35-4)27-26-28(32)22-16-18(2)7-13-23(22)37-29(26)30(33)31(27)20-9-11-21(34-3)12-10-20/h7-14,16-17,27H,5-6,15H2,1-4H3. The van der Waals surface area contributed by atoms with Crippen LogP contribution in [0.1, 0.15) is 53.1 Å². The summed E-state index contributed by atoms with van der Waals surface area (Å²) in [4.78, 5) is 29.3. The lowest BCUT2D eigenvalue weighted by Crippen LogP contribution is -2.29. The normalized spacial score (nSPS) is 14.6. The zero-order chi connectivity index (χ0) is 26.1. The van der Waals surface area contributed by atoms with Crippen molar-refractivity contribution in [3.63, 3.8) is 0 Å². The van der Waals surface area contributed by atoms with Crippen molar-refractivity contribution >= 4 is 22.6 Å². The number of benzene rings is 3. The highest BCUT2D eigenvalue weighted by molar-refractivity contribution is 6.10. The fourth-order valence-corrected chi connectivity index (χ4v) is 4.71. The second-order valence-electron chi connectivity index (χ2n) is 9.06. The maximum atomic E-state index is 13.9. The fraction of sp³-hybridized carbons (Fsp3) is 0.267. The maximum absolute atomic E-state index is 13.9. The fourth-order valence-electron chi connectivity index (χ4n) is 4.71. The van der Waals surface area contributed by atoms with Crippen LogP contribution < -0.4 is 24.5 Å². The van der Waals surface area contributed by atoms with Crippen molar-refractivity contribution in [2.75, 3.05) is 25.7 Å². The number of carbonyl (C=O) groups is 1. The molecule has 4 aromatic rings. The Morgan fingerprint density at radius 3 is 2.41 bits per heavy atom. The van der Waals surface area contributed by atoms with Crippen LogP contribution in [-0.2, 0) is 0 Å². The molecule has 1 aliphatic heterocycles. The molecular weight excluding hydrogens is 470 g/mol. The minimum atomic E-state index is -0.712. The topological polar surface area (TPSA) is 78.2 Å². The number of ether oxygens (including phenoxy) is 3. The van der Waals surface area contributed by atoms with Gasteiger partial charge in [0.15, 0.2) is 16.9 Å². The summed E-state index contributed by atoms with van der Waals surface area (Å²) in [6.07, 6.45) is 1.94.